The van der Waals surface area contributed by atoms with Crippen LogP contribution < -0.4 is 10.6 Å². The van der Waals surface area contributed by atoms with E-state index in [9.17, 15) is 9.59 Å². The Morgan fingerprint density at radius 1 is 1.03 bits per heavy atom. The Morgan fingerprint density at radius 3 is 2.24 bits per heavy atom. The molecule has 1 amide bonds. The summed E-state index contributed by atoms with van der Waals surface area (Å²) in [6, 6.07) is 19.9. The fourth-order valence-corrected chi connectivity index (χ4v) is 4.31. The third-order valence-corrected chi connectivity index (χ3v) is 6.00. The number of benzene rings is 2. The van der Waals surface area contributed by atoms with Gasteiger partial charge in [-0.15, -0.1) is 0 Å². The van der Waals surface area contributed by atoms with E-state index >= 15 is 0 Å². The van der Waals surface area contributed by atoms with Gasteiger partial charge in [0.15, 0.2) is 0 Å². The lowest BCUT2D eigenvalue weighted by Gasteiger charge is -2.26. The van der Waals surface area contributed by atoms with E-state index in [1.807, 2.05) is 76.2 Å². The average molecular weight is 453 g/mol. The van der Waals surface area contributed by atoms with E-state index in [2.05, 4.69) is 22.8 Å². The molecule has 178 valence electrons. The first-order valence-corrected chi connectivity index (χ1v) is 11.7. The van der Waals surface area contributed by atoms with Gasteiger partial charge in [0, 0.05) is 12.0 Å². The molecule has 0 radical (unpaired) electrons. The highest BCUT2D eigenvalue weighted by molar-refractivity contribution is 5.83. The van der Waals surface area contributed by atoms with Crippen molar-refractivity contribution >= 4 is 11.9 Å². The van der Waals surface area contributed by atoms with E-state index < -0.39 is 11.7 Å². The van der Waals surface area contributed by atoms with Gasteiger partial charge >= 0.3 is 5.97 Å². The van der Waals surface area contributed by atoms with Crippen LogP contribution in [0.5, 0.6) is 0 Å². The minimum Gasteiger partial charge on any atom is -0.460 e. The fraction of sp³-hybridized carbons (Fsp3) is 0.481. The molecule has 2 aromatic rings. The molecule has 1 aliphatic rings. The molecule has 33 heavy (non-hydrogen) atoms. The predicted octanol–water partition coefficient (Wildman–Crippen LogP) is 3.84. The molecule has 3 atom stereocenters. The van der Waals surface area contributed by atoms with Crippen molar-refractivity contribution < 1.29 is 19.1 Å². The number of nitrogens with one attached hydrogen (secondary N) is 2. The van der Waals surface area contributed by atoms with Crippen molar-refractivity contribution in [3.05, 3.63) is 71.8 Å². The molecule has 1 saturated heterocycles. The molecule has 0 saturated carbocycles. The zero-order chi connectivity index (χ0) is 23.8. The Bertz CT molecular complexity index is 899. The van der Waals surface area contributed by atoms with E-state index in [4.69, 9.17) is 9.47 Å². The van der Waals surface area contributed by atoms with Crippen molar-refractivity contribution in [2.24, 2.45) is 11.8 Å². The second-order valence-corrected chi connectivity index (χ2v) is 9.56. The molecule has 0 aromatic heterocycles. The molecule has 0 spiro atoms. The predicted molar refractivity (Wildman–Crippen MR) is 128 cm³/mol. The van der Waals surface area contributed by atoms with Gasteiger partial charge in [-0.3, -0.25) is 14.9 Å². The molecule has 0 unspecified atom stereocenters. The van der Waals surface area contributed by atoms with E-state index in [1.54, 1.807) is 0 Å². The summed E-state index contributed by atoms with van der Waals surface area (Å²) in [7, 11) is 0. The van der Waals surface area contributed by atoms with Crippen molar-refractivity contribution in [1.82, 2.24) is 10.6 Å². The lowest BCUT2D eigenvalue weighted by molar-refractivity contribution is -0.145. The van der Waals surface area contributed by atoms with Crippen LogP contribution in [-0.2, 0) is 32.1 Å². The van der Waals surface area contributed by atoms with Gasteiger partial charge in [0.2, 0.25) is 5.91 Å². The number of hydrogen-bond acceptors (Lipinski definition) is 5. The summed E-state index contributed by atoms with van der Waals surface area (Å²) >= 11 is 0. The fourth-order valence-electron chi connectivity index (χ4n) is 4.31. The normalized spacial score (nSPS) is 20.4. The minimum absolute atomic E-state index is 0.104. The number of esters is 1. The van der Waals surface area contributed by atoms with Crippen molar-refractivity contribution in [1.29, 1.82) is 0 Å². The van der Waals surface area contributed by atoms with Crippen LogP contribution in [0.1, 0.15) is 45.2 Å². The topological polar surface area (TPSA) is 76.7 Å². The van der Waals surface area contributed by atoms with Crippen LogP contribution >= 0.6 is 0 Å². The summed E-state index contributed by atoms with van der Waals surface area (Å²) < 4.78 is 11.6. The van der Waals surface area contributed by atoms with Gasteiger partial charge in [-0.1, -0.05) is 74.5 Å². The standard InChI is InChI=1S/C27H36N2O4/c1-19(2)22(26(31)28-17-25(30)32-18-21-13-9-6-10-14-21)16-24-23(29-27(3,4)33-24)15-20-11-7-5-8-12-20/h5-14,19,22-24,29H,15-18H2,1-4H3,(H,28,31)/t22-,23-,24-/m0/s1. The SMILES string of the molecule is CC(C)[C@H](C[C@@H]1OC(C)(C)N[C@H]1Cc1ccccc1)C(=O)NCC(=O)OCc1ccccc1. The lowest BCUT2D eigenvalue weighted by Crippen LogP contribution is -2.42. The van der Waals surface area contributed by atoms with Gasteiger partial charge in [-0.2, -0.15) is 0 Å². The highest BCUT2D eigenvalue weighted by Crippen LogP contribution is 2.30. The van der Waals surface area contributed by atoms with E-state index in [0.717, 1.165) is 12.0 Å². The van der Waals surface area contributed by atoms with Gasteiger partial charge < -0.3 is 14.8 Å². The minimum atomic E-state index is -0.455. The number of ether oxygens (including phenoxy) is 2. The van der Waals surface area contributed by atoms with Crippen molar-refractivity contribution in [3.63, 3.8) is 0 Å². The maximum atomic E-state index is 13.0. The zero-order valence-electron chi connectivity index (χ0n) is 20.0. The quantitative estimate of drug-likeness (QED) is 0.536. The van der Waals surface area contributed by atoms with Crippen LogP contribution in [0.3, 0.4) is 0 Å². The first-order valence-electron chi connectivity index (χ1n) is 11.7. The van der Waals surface area contributed by atoms with Crippen molar-refractivity contribution in [2.45, 2.75) is 65.0 Å². The highest BCUT2D eigenvalue weighted by atomic mass is 16.5. The molecule has 3 rings (SSSR count). The van der Waals surface area contributed by atoms with Gasteiger partial charge in [0.1, 0.15) is 18.9 Å². The van der Waals surface area contributed by atoms with Gasteiger partial charge in [0.25, 0.3) is 0 Å². The van der Waals surface area contributed by atoms with E-state index in [-0.39, 0.29) is 43.0 Å². The first-order chi connectivity index (χ1) is 15.7. The van der Waals surface area contributed by atoms with Crippen LogP contribution in [0.25, 0.3) is 0 Å². The second-order valence-electron chi connectivity index (χ2n) is 9.56. The zero-order valence-corrected chi connectivity index (χ0v) is 20.0. The second kappa shape index (κ2) is 11.4. The number of rotatable bonds is 10. The molecule has 6 heteroatoms. The largest absolute Gasteiger partial charge is 0.460 e. The number of amides is 1. The maximum Gasteiger partial charge on any atom is 0.325 e. The van der Waals surface area contributed by atoms with Crippen LogP contribution in [0.15, 0.2) is 60.7 Å². The summed E-state index contributed by atoms with van der Waals surface area (Å²) in [6.45, 7) is 8.13. The van der Waals surface area contributed by atoms with Crippen LogP contribution in [0.2, 0.25) is 0 Å². The number of carbonyl (C=O) groups excluding carboxylic acids is 2. The molecule has 0 aliphatic carbocycles. The van der Waals surface area contributed by atoms with Crippen LogP contribution in [0, 0.1) is 11.8 Å². The molecule has 2 aromatic carbocycles. The van der Waals surface area contributed by atoms with Gasteiger partial charge in [-0.05, 0) is 43.7 Å². The molecule has 0 bridgehead atoms. The number of hydrogen-bond donors (Lipinski definition) is 2. The monoisotopic (exact) mass is 452 g/mol. The Labute approximate surface area is 197 Å². The molecule has 1 heterocycles. The van der Waals surface area contributed by atoms with Gasteiger partial charge in [0.05, 0.1) is 6.10 Å². The van der Waals surface area contributed by atoms with Crippen molar-refractivity contribution in [3.8, 4) is 0 Å². The summed E-state index contributed by atoms with van der Waals surface area (Å²) in [5.41, 5.74) is 1.69. The molecule has 1 aliphatic heterocycles. The molecule has 2 N–H and O–H groups in total. The average Bonchev–Trinajstić information content (AvgIpc) is 3.08. The highest BCUT2D eigenvalue weighted by Gasteiger charge is 2.41. The van der Waals surface area contributed by atoms with Gasteiger partial charge in [-0.25, -0.2) is 0 Å². The number of carbonyl (C=O) groups is 2. The first kappa shape index (κ1) is 24.9. The van der Waals surface area contributed by atoms with E-state index in [0.29, 0.717) is 6.42 Å². The summed E-state index contributed by atoms with van der Waals surface area (Å²) in [5.74, 6) is -0.758. The Hall–Kier alpha value is -2.70. The lowest BCUT2D eigenvalue weighted by atomic mass is 9.86. The maximum absolute atomic E-state index is 13.0. The van der Waals surface area contributed by atoms with Crippen LogP contribution in [-0.4, -0.2) is 36.3 Å². The smallest absolute Gasteiger partial charge is 0.325 e. The summed E-state index contributed by atoms with van der Waals surface area (Å²) in [6.07, 6.45) is 1.30. The molecule has 1 fully saturated rings. The Kier molecular flexibility index (Phi) is 8.64. The molecular weight excluding hydrogens is 416 g/mol. The summed E-state index contributed by atoms with van der Waals surface area (Å²) in [4.78, 5) is 25.1. The van der Waals surface area contributed by atoms with Crippen molar-refractivity contribution in [2.75, 3.05) is 6.54 Å². The molecule has 6 nitrogen and oxygen atoms in total. The Balaban J connectivity index is 1.55. The molecular formula is C27H36N2O4. The third kappa shape index (κ3) is 7.69. The Morgan fingerprint density at radius 2 is 1.64 bits per heavy atom. The van der Waals surface area contributed by atoms with Crippen LogP contribution in [0.4, 0.5) is 0 Å². The third-order valence-electron chi connectivity index (χ3n) is 6.00. The summed E-state index contributed by atoms with van der Waals surface area (Å²) in [5, 5.41) is 6.34. The van der Waals surface area contributed by atoms with E-state index in [1.165, 1.54) is 5.56 Å².